The Morgan fingerprint density at radius 1 is 1.50 bits per heavy atom. The first-order valence-electron chi connectivity index (χ1n) is 6.84. The summed E-state index contributed by atoms with van der Waals surface area (Å²) in [5, 5.41) is 21.2. The van der Waals surface area contributed by atoms with Gasteiger partial charge in [0.25, 0.3) is 5.91 Å². The molecule has 1 aromatic heterocycles. The largest absolute Gasteiger partial charge is 0.508 e. The van der Waals surface area contributed by atoms with Gasteiger partial charge in [0.15, 0.2) is 0 Å². The second-order valence-corrected chi connectivity index (χ2v) is 4.67. The van der Waals surface area contributed by atoms with Gasteiger partial charge in [-0.15, -0.1) is 0 Å². The molecule has 1 heterocycles. The molecule has 0 unspecified atom stereocenters. The number of imidazole rings is 1. The highest BCUT2D eigenvalue weighted by Gasteiger charge is 2.08. The minimum Gasteiger partial charge on any atom is -0.508 e. The number of amides is 1. The van der Waals surface area contributed by atoms with Gasteiger partial charge in [-0.2, -0.15) is 5.26 Å². The Labute approximate surface area is 128 Å². The van der Waals surface area contributed by atoms with Crippen LogP contribution in [-0.4, -0.2) is 27.1 Å². The molecule has 0 aliphatic heterocycles. The van der Waals surface area contributed by atoms with Crippen molar-refractivity contribution in [3.63, 3.8) is 0 Å². The number of benzene rings is 1. The third kappa shape index (κ3) is 4.49. The molecule has 0 fully saturated rings. The van der Waals surface area contributed by atoms with E-state index in [1.807, 2.05) is 16.8 Å². The van der Waals surface area contributed by atoms with Crippen molar-refractivity contribution in [1.29, 1.82) is 5.26 Å². The summed E-state index contributed by atoms with van der Waals surface area (Å²) in [6.45, 7) is 1.22. The zero-order chi connectivity index (χ0) is 15.8. The van der Waals surface area contributed by atoms with E-state index in [9.17, 15) is 9.90 Å². The smallest absolute Gasteiger partial charge is 0.261 e. The van der Waals surface area contributed by atoms with Crippen LogP contribution in [0.15, 0.2) is 48.6 Å². The van der Waals surface area contributed by atoms with Crippen molar-refractivity contribution in [3.05, 3.63) is 54.1 Å². The first-order valence-corrected chi connectivity index (χ1v) is 6.84. The highest BCUT2D eigenvalue weighted by molar-refractivity contribution is 6.01. The van der Waals surface area contributed by atoms with Gasteiger partial charge in [-0.1, -0.05) is 12.1 Å². The van der Waals surface area contributed by atoms with Gasteiger partial charge in [-0.25, -0.2) is 4.98 Å². The number of aromatic hydroxyl groups is 1. The molecular formula is C16H16N4O2. The molecule has 2 N–H and O–H groups in total. The number of phenolic OH excluding ortho intramolecular Hbond substituents is 1. The molecule has 0 atom stereocenters. The first-order chi connectivity index (χ1) is 10.7. The van der Waals surface area contributed by atoms with Gasteiger partial charge in [0.2, 0.25) is 0 Å². The van der Waals surface area contributed by atoms with Gasteiger partial charge in [0, 0.05) is 25.5 Å². The van der Waals surface area contributed by atoms with Crippen LogP contribution in [0.3, 0.4) is 0 Å². The Hall–Kier alpha value is -3.07. The third-order valence-electron chi connectivity index (χ3n) is 2.98. The van der Waals surface area contributed by atoms with Crippen LogP contribution in [-0.2, 0) is 11.3 Å². The van der Waals surface area contributed by atoms with Crippen LogP contribution in [0.2, 0.25) is 0 Å². The zero-order valence-corrected chi connectivity index (χ0v) is 11.9. The van der Waals surface area contributed by atoms with Crippen LogP contribution in [0, 0.1) is 11.3 Å². The Morgan fingerprint density at radius 2 is 2.36 bits per heavy atom. The maximum atomic E-state index is 11.9. The van der Waals surface area contributed by atoms with Crippen LogP contribution in [0.5, 0.6) is 5.75 Å². The van der Waals surface area contributed by atoms with E-state index in [0.29, 0.717) is 12.1 Å². The predicted octanol–water partition coefficient (Wildman–Crippen LogP) is 1.70. The number of nitrogens with zero attached hydrogens (tertiary/aromatic N) is 3. The molecule has 1 amide bonds. The van der Waals surface area contributed by atoms with Crippen molar-refractivity contribution in [2.24, 2.45) is 0 Å². The number of nitrogens with one attached hydrogen (secondary N) is 1. The Balaban J connectivity index is 1.88. The molecule has 6 nitrogen and oxygen atoms in total. The van der Waals surface area contributed by atoms with E-state index in [1.165, 1.54) is 18.2 Å². The molecule has 0 spiro atoms. The summed E-state index contributed by atoms with van der Waals surface area (Å²) in [6.07, 6.45) is 7.46. The third-order valence-corrected chi connectivity index (χ3v) is 2.98. The van der Waals surface area contributed by atoms with E-state index >= 15 is 0 Å². The van der Waals surface area contributed by atoms with Gasteiger partial charge in [0.05, 0.1) is 6.33 Å². The van der Waals surface area contributed by atoms with Crippen molar-refractivity contribution < 1.29 is 9.90 Å². The average Bonchev–Trinajstić information content (AvgIpc) is 3.02. The summed E-state index contributed by atoms with van der Waals surface area (Å²) < 4.78 is 1.92. The number of carbonyl (C=O) groups excluding carboxylic acids is 1. The summed E-state index contributed by atoms with van der Waals surface area (Å²) in [7, 11) is 0. The van der Waals surface area contributed by atoms with E-state index in [1.54, 1.807) is 24.7 Å². The summed E-state index contributed by atoms with van der Waals surface area (Å²) >= 11 is 0. The second-order valence-electron chi connectivity index (χ2n) is 4.67. The van der Waals surface area contributed by atoms with Crippen molar-refractivity contribution in [3.8, 4) is 11.8 Å². The van der Waals surface area contributed by atoms with Gasteiger partial charge < -0.3 is 15.0 Å². The van der Waals surface area contributed by atoms with Crippen LogP contribution >= 0.6 is 0 Å². The fraction of sp³-hybridized carbons (Fsp3) is 0.188. The summed E-state index contributed by atoms with van der Waals surface area (Å²) in [5.74, 6) is -0.330. The Morgan fingerprint density at radius 3 is 3.05 bits per heavy atom. The summed E-state index contributed by atoms with van der Waals surface area (Å²) in [4.78, 5) is 15.9. The number of hydrogen-bond acceptors (Lipinski definition) is 4. The van der Waals surface area contributed by atoms with Crippen molar-refractivity contribution in [2.45, 2.75) is 13.0 Å². The number of aromatic nitrogens is 2. The number of phenols is 1. The van der Waals surface area contributed by atoms with E-state index in [4.69, 9.17) is 5.26 Å². The highest BCUT2D eigenvalue weighted by atomic mass is 16.3. The van der Waals surface area contributed by atoms with E-state index < -0.39 is 5.91 Å². The minimum absolute atomic E-state index is 0.00762. The van der Waals surface area contributed by atoms with Crippen molar-refractivity contribution in [1.82, 2.24) is 14.9 Å². The number of aryl methyl sites for hydroxylation is 1. The summed E-state index contributed by atoms with van der Waals surface area (Å²) in [5.41, 5.74) is 0.610. The van der Waals surface area contributed by atoms with Gasteiger partial charge in [0.1, 0.15) is 17.4 Å². The molecule has 1 aromatic carbocycles. The Kier molecular flexibility index (Phi) is 5.32. The fourth-order valence-corrected chi connectivity index (χ4v) is 1.91. The van der Waals surface area contributed by atoms with Gasteiger partial charge in [-0.05, 0) is 30.2 Å². The fourth-order valence-electron chi connectivity index (χ4n) is 1.91. The standard InChI is InChI=1S/C16H16N4O2/c17-11-14(9-13-3-1-4-15(21)10-13)16(22)19-5-2-7-20-8-6-18-12-20/h1,3-4,6,8-10,12,21H,2,5,7H2,(H,19,22)/b14-9+. The summed E-state index contributed by atoms with van der Waals surface area (Å²) in [6, 6.07) is 8.26. The molecular weight excluding hydrogens is 280 g/mol. The topological polar surface area (TPSA) is 90.9 Å². The quantitative estimate of drug-likeness (QED) is 0.482. The maximum Gasteiger partial charge on any atom is 0.261 e. The van der Waals surface area contributed by atoms with Crippen LogP contribution in [0.25, 0.3) is 6.08 Å². The zero-order valence-electron chi connectivity index (χ0n) is 11.9. The average molecular weight is 296 g/mol. The molecule has 112 valence electrons. The van der Waals surface area contributed by atoms with Crippen LogP contribution in [0.4, 0.5) is 0 Å². The molecule has 0 bridgehead atoms. The maximum absolute atomic E-state index is 11.9. The van der Waals surface area contributed by atoms with Crippen molar-refractivity contribution in [2.75, 3.05) is 6.54 Å². The molecule has 22 heavy (non-hydrogen) atoms. The Bertz CT molecular complexity index is 699. The van der Waals surface area contributed by atoms with Crippen molar-refractivity contribution >= 4 is 12.0 Å². The lowest BCUT2D eigenvalue weighted by molar-refractivity contribution is -0.117. The lowest BCUT2D eigenvalue weighted by Crippen LogP contribution is -2.26. The monoisotopic (exact) mass is 296 g/mol. The number of rotatable bonds is 6. The number of nitriles is 1. The molecule has 2 aromatic rings. The molecule has 2 rings (SSSR count). The van der Waals surface area contributed by atoms with Crippen LogP contribution < -0.4 is 5.32 Å². The lowest BCUT2D eigenvalue weighted by Gasteiger charge is -2.05. The molecule has 0 saturated heterocycles. The highest BCUT2D eigenvalue weighted by Crippen LogP contribution is 2.14. The normalized spacial score (nSPS) is 11.0. The molecule has 0 aliphatic carbocycles. The first kappa shape index (κ1) is 15.3. The predicted molar refractivity (Wildman–Crippen MR) is 81.6 cm³/mol. The number of carbonyl (C=O) groups is 1. The van der Waals surface area contributed by atoms with Crippen LogP contribution in [0.1, 0.15) is 12.0 Å². The lowest BCUT2D eigenvalue weighted by atomic mass is 10.1. The molecule has 0 saturated carbocycles. The number of hydrogen-bond donors (Lipinski definition) is 2. The molecule has 0 radical (unpaired) electrons. The molecule has 0 aliphatic rings. The second kappa shape index (κ2) is 7.64. The SMILES string of the molecule is N#C/C(=C\c1cccc(O)c1)C(=O)NCCCn1ccnc1. The minimum atomic E-state index is -0.420. The van der Waals surface area contributed by atoms with E-state index in [0.717, 1.165) is 13.0 Å². The van der Waals surface area contributed by atoms with Gasteiger partial charge >= 0.3 is 0 Å². The molecule has 6 heteroatoms. The van der Waals surface area contributed by atoms with E-state index in [-0.39, 0.29) is 11.3 Å². The van der Waals surface area contributed by atoms with Gasteiger partial charge in [-0.3, -0.25) is 4.79 Å². The van der Waals surface area contributed by atoms with E-state index in [2.05, 4.69) is 10.3 Å².